The molecule has 1 aliphatic heterocycles. The first kappa shape index (κ1) is 13.9. The smallest absolute Gasteiger partial charge is 0.0246 e. The minimum Gasteiger partial charge on any atom is -0.311 e. The lowest BCUT2D eigenvalue weighted by molar-refractivity contribution is 0.0724. The maximum atomic E-state index is 3.92. The SMILES string of the molecule is CN1CC(C2CCCCC2)NCC1C1CCCCC1. The number of hydrogen-bond acceptors (Lipinski definition) is 2. The average Bonchev–Trinajstić information content (AvgIpc) is 2.49. The van der Waals surface area contributed by atoms with Crippen LogP contribution in [0.3, 0.4) is 0 Å². The summed E-state index contributed by atoms with van der Waals surface area (Å²) >= 11 is 0. The van der Waals surface area contributed by atoms with Gasteiger partial charge < -0.3 is 10.2 Å². The summed E-state index contributed by atoms with van der Waals surface area (Å²) in [5.41, 5.74) is 0. The van der Waals surface area contributed by atoms with Gasteiger partial charge in [-0.3, -0.25) is 0 Å². The van der Waals surface area contributed by atoms with Crippen LogP contribution in [0.25, 0.3) is 0 Å². The van der Waals surface area contributed by atoms with Crippen molar-refractivity contribution in [2.45, 2.75) is 76.3 Å². The second-order valence-corrected chi connectivity index (χ2v) is 7.32. The molecule has 3 aliphatic rings. The molecule has 1 N–H and O–H groups in total. The molecule has 0 aromatic carbocycles. The predicted octanol–water partition coefficient (Wildman–Crippen LogP) is 3.42. The molecule has 0 aromatic rings. The molecular weight excluding hydrogens is 232 g/mol. The summed E-state index contributed by atoms with van der Waals surface area (Å²) < 4.78 is 0. The van der Waals surface area contributed by atoms with Gasteiger partial charge in [-0.05, 0) is 44.6 Å². The van der Waals surface area contributed by atoms with E-state index in [1.807, 2.05) is 0 Å². The van der Waals surface area contributed by atoms with Gasteiger partial charge in [0.05, 0.1) is 0 Å². The Balaban J connectivity index is 1.52. The van der Waals surface area contributed by atoms with Crippen LogP contribution in [0.4, 0.5) is 0 Å². The van der Waals surface area contributed by atoms with E-state index in [0.29, 0.717) is 0 Å². The Morgan fingerprint density at radius 2 is 1.37 bits per heavy atom. The molecular formula is C17H32N2. The van der Waals surface area contributed by atoms with Gasteiger partial charge in [-0.1, -0.05) is 38.5 Å². The van der Waals surface area contributed by atoms with Gasteiger partial charge in [0.2, 0.25) is 0 Å². The van der Waals surface area contributed by atoms with Crippen molar-refractivity contribution < 1.29 is 0 Å². The Hall–Kier alpha value is -0.0800. The van der Waals surface area contributed by atoms with Gasteiger partial charge in [-0.2, -0.15) is 0 Å². The number of nitrogens with zero attached hydrogens (tertiary/aromatic N) is 1. The van der Waals surface area contributed by atoms with Crippen molar-refractivity contribution in [3.63, 3.8) is 0 Å². The second-order valence-electron chi connectivity index (χ2n) is 7.32. The molecule has 110 valence electrons. The van der Waals surface area contributed by atoms with E-state index >= 15 is 0 Å². The van der Waals surface area contributed by atoms with Gasteiger partial charge >= 0.3 is 0 Å². The lowest BCUT2D eigenvalue weighted by atomic mass is 9.79. The summed E-state index contributed by atoms with van der Waals surface area (Å²) in [6, 6.07) is 1.60. The van der Waals surface area contributed by atoms with Gasteiger partial charge in [-0.15, -0.1) is 0 Å². The zero-order valence-corrected chi connectivity index (χ0v) is 12.7. The highest BCUT2D eigenvalue weighted by atomic mass is 15.2. The van der Waals surface area contributed by atoms with E-state index in [9.17, 15) is 0 Å². The molecule has 3 fully saturated rings. The molecule has 2 atom stereocenters. The molecule has 1 heterocycles. The Labute approximate surface area is 119 Å². The largest absolute Gasteiger partial charge is 0.311 e. The van der Waals surface area contributed by atoms with Gasteiger partial charge in [0.15, 0.2) is 0 Å². The Morgan fingerprint density at radius 3 is 1.95 bits per heavy atom. The van der Waals surface area contributed by atoms with Crippen LogP contribution < -0.4 is 5.32 Å². The summed E-state index contributed by atoms with van der Waals surface area (Å²) in [4.78, 5) is 2.70. The number of hydrogen-bond donors (Lipinski definition) is 1. The molecule has 0 amide bonds. The number of likely N-dealkylation sites (N-methyl/N-ethyl adjacent to an activating group) is 1. The molecule has 2 aliphatic carbocycles. The molecule has 1 saturated heterocycles. The van der Waals surface area contributed by atoms with E-state index in [4.69, 9.17) is 0 Å². The monoisotopic (exact) mass is 264 g/mol. The van der Waals surface area contributed by atoms with E-state index < -0.39 is 0 Å². The first-order chi connectivity index (χ1) is 9.34. The molecule has 0 radical (unpaired) electrons. The number of rotatable bonds is 2. The van der Waals surface area contributed by atoms with E-state index in [0.717, 1.165) is 23.9 Å². The molecule has 0 spiro atoms. The summed E-state index contributed by atoms with van der Waals surface area (Å²) in [6.45, 7) is 2.55. The third-order valence-corrected chi connectivity index (χ3v) is 6.05. The third kappa shape index (κ3) is 3.33. The van der Waals surface area contributed by atoms with E-state index in [-0.39, 0.29) is 0 Å². The minimum atomic E-state index is 0.783. The fourth-order valence-electron chi connectivity index (χ4n) is 4.84. The Bertz CT molecular complexity index is 266. The maximum absolute atomic E-state index is 3.92. The first-order valence-electron chi connectivity index (χ1n) is 8.78. The molecule has 2 saturated carbocycles. The molecule has 19 heavy (non-hydrogen) atoms. The van der Waals surface area contributed by atoms with Crippen LogP contribution in [0.5, 0.6) is 0 Å². The second kappa shape index (κ2) is 6.58. The first-order valence-corrected chi connectivity index (χ1v) is 8.78. The van der Waals surface area contributed by atoms with Crippen molar-refractivity contribution >= 4 is 0 Å². The maximum Gasteiger partial charge on any atom is 0.0246 e. The highest BCUT2D eigenvalue weighted by Crippen LogP contribution is 2.32. The zero-order chi connectivity index (χ0) is 13.1. The molecule has 0 aromatic heterocycles. The molecule has 0 bridgehead atoms. The van der Waals surface area contributed by atoms with Crippen molar-refractivity contribution in [1.82, 2.24) is 10.2 Å². The third-order valence-electron chi connectivity index (χ3n) is 6.05. The summed E-state index contributed by atoms with van der Waals surface area (Å²) in [6.07, 6.45) is 14.7. The highest BCUT2D eigenvalue weighted by molar-refractivity contribution is 4.92. The molecule has 2 heteroatoms. The zero-order valence-electron chi connectivity index (χ0n) is 12.7. The minimum absolute atomic E-state index is 0.783. The van der Waals surface area contributed by atoms with Crippen LogP contribution in [-0.2, 0) is 0 Å². The van der Waals surface area contributed by atoms with Crippen molar-refractivity contribution in [3.8, 4) is 0 Å². The van der Waals surface area contributed by atoms with E-state index in [2.05, 4.69) is 17.3 Å². The van der Waals surface area contributed by atoms with Gasteiger partial charge in [0, 0.05) is 25.2 Å². The Kier molecular flexibility index (Phi) is 4.81. The van der Waals surface area contributed by atoms with Gasteiger partial charge in [0.1, 0.15) is 0 Å². The lowest BCUT2D eigenvalue weighted by Crippen LogP contribution is -2.59. The quantitative estimate of drug-likeness (QED) is 0.822. The van der Waals surface area contributed by atoms with Crippen LogP contribution in [0.1, 0.15) is 64.2 Å². The lowest BCUT2D eigenvalue weighted by Gasteiger charge is -2.46. The van der Waals surface area contributed by atoms with E-state index in [1.54, 1.807) is 0 Å². The average molecular weight is 264 g/mol. The predicted molar refractivity (Wildman–Crippen MR) is 81.4 cm³/mol. The van der Waals surface area contributed by atoms with Crippen LogP contribution >= 0.6 is 0 Å². The van der Waals surface area contributed by atoms with Crippen LogP contribution in [0, 0.1) is 11.8 Å². The van der Waals surface area contributed by atoms with Gasteiger partial charge in [-0.25, -0.2) is 0 Å². The number of piperazine rings is 1. The Morgan fingerprint density at radius 1 is 0.789 bits per heavy atom. The van der Waals surface area contributed by atoms with Crippen molar-refractivity contribution in [3.05, 3.63) is 0 Å². The van der Waals surface area contributed by atoms with E-state index in [1.165, 1.54) is 77.3 Å². The van der Waals surface area contributed by atoms with Crippen molar-refractivity contribution in [1.29, 1.82) is 0 Å². The molecule has 3 rings (SSSR count). The van der Waals surface area contributed by atoms with Crippen LogP contribution in [0.2, 0.25) is 0 Å². The normalized spacial score (nSPS) is 36.5. The van der Waals surface area contributed by atoms with Crippen molar-refractivity contribution in [2.75, 3.05) is 20.1 Å². The summed E-state index contributed by atoms with van der Waals surface area (Å²) in [7, 11) is 2.38. The fraction of sp³-hybridized carbons (Fsp3) is 1.00. The highest BCUT2D eigenvalue weighted by Gasteiger charge is 2.34. The van der Waals surface area contributed by atoms with Crippen LogP contribution in [0.15, 0.2) is 0 Å². The molecule has 2 nitrogen and oxygen atoms in total. The number of nitrogens with one attached hydrogen (secondary N) is 1. The standard InChI is InChI=1S/C17H32N2/c1-19-13-16(14-8-4-2-5-9-14)18-12-17(19)15-10-6-3-7-11-15/h14-18H,2-13H2,1H3. The van der Waals surface area contributed by atoms with Gasteiger partial charge in [0.25, 0.3) is 0 Å². The summed E-state index contributed by atoms with van der Waals surface area (Å²) in [5, 5.41) is 3.92. The topological polar surface area (TPSA) is 15.3 Å². The van der Waals surface area contributed by atoms with Crippen molar-refractivity contribution in [2.24, 2.45) is 11.8 Å². The molecule has 2 unspecified atom stereocenters. The summed E-state index contributed by atoms with van der Waals surface area (Å²) in [5.74, 6) is 1.93. The fourth-order valence-corrected chi connectivity index (χ4v) is 4.84. The van der Waals surface area contributed by atoms with Crippen LogP contribution in [-0.4, -0.2) is 37.1 Å².